The summed E-state index contributed by atoms with van der Waals surface area (Å²) in [6.07, 6.45) is 4.79. The van der Waals surface area contributed by atoms with Gasteiger partial charge in [-0.25, -0.2) is 0 Å². The fourth-order valence-electron chi connectivity index (χ4n) is 3.82. The lowest BCUT2D eigenvalue weighted by Crippen LogP contribution is -2.47. The van der Waals surface area contributed by atoms with E-state index in [9.17, 15) is 0 Å². The minimum absolute atomic E-state index is 0.382. The molecule has 1 saturated carbocycles. The number of nitrogens with zero attached hydrogens (tertiary/aromatic N) is 2. The van der Waals surface area contributed by atoms with Crippen LogP contribution in [0.1, 0.15) is 37.2 Å². The average molecular weight is 360 g/mol. The molecule has 0 aromatic heterocycles. The van der Waals surface area contributed by atoms with Gasteiger partial charge in [0.1, 0.15) is 0 Å². The largest absolute Gasteiger partial charge is 0.385 e. The van der Waals surface area contributed by atoms with E-state index < -0.39 is 0 Å². The first-order chi connectivity index (χ1) is 12.8. The van der Waals surface area contributed by atoms with Crippen LogP contribution in [0.25, 0.3) is 0 Å². The van der Waals surface area contributed by atoms with Crippen LogP contribution in [-0.4, -0.2) is 64.0 Å². The van der Waals surface area contributed by atoms with Gasteiger partial charge in [0.25, 0.3) is 0 Å². The molecule has 26 heavy (non-hydrogen) atoms. The van der Waals surface area contributed by atoms with Crippen molar-refractivity contribution in [2.75, 3.05) is 47.0 Å². The topological polar surface area (TPSA) is 46.1 Å². The summed E-state index contributed by atoms with van der Waals surface area (Å²) in [5.74, 6) is 2.49. The molecule has 1 saturated heterocycles. The van der Waals surface area contributed by atoms with E-state index in [2.05, 4.69) is 45.5 Å². The van der Waals surface area contributed by atoms with Crippen molar-refractivity contribution in [3.05, 3.63) is 35.9 Å². The summed E-state index contributed by atoms with van der Waals surface area (Å²) in [4.78, 5) is 6.86. The number of methoxy groups -OCH3 is 1. The summed E-state index contributed by atoms with van der Waals surface area (Å²) < 4.78 is 11.0. The van der Waals surface area contributed by atoms with E-state index in [4.69, 9.17) is 9.47 Å². The van der Waals surface area contributed by atoms with Crippen molar-refractivity contribution in [1.29, 1.82) is 0 Å². The first-order valence-electron chi connectivity index (χ1n) is 9.93. The Hall–Kier alpha value is -1.59. The molecule has 0 bridgehead atoms. The summed E-state index contributed by atoms with van der Waals surface area (Å²) >= 11 is 0. The lowest BCUT2D eigenvalue weighted by atomic mass is 10.1. The highest BCUT2D eigenvalue weighted by Crippen LogP contribution is 2.46. The number of ether oxygens (including phenoxy) is 2. The van der Waals surface area contributed by atoms with Crippen molar-refractivity contribution in [1.82, 2.24) is 10.2 Å². The normalized spacial score (nSPS) is 23.9. The van der Waals surface area contributed by atoms with Gasteiger partial charge in [0.15, 0.2) is 5.96 Å². The van der Waals surface area contributed by atoms with Crippen molar-refractivity contribution >= 4 is 5.96 Å². The summed E-state index contributed by atoms with van der Waals surface area (Å²) in [7, 11) is 3.62. The standard InChI is InChI=1S/C21H33N3O2/c1-22-21(23-16-18-15-20(18)17-7-4-3-5-8-17)24-11-9-19(10-12-24)26-14-6-13-25-2/h3-5,7-8,18-20H,6,9-16H2,1-2H3,(H,22,23). The average Bonchev–Trinajstić information content (AvgIpc) is 3.47. The van der Waals surface area contributed by atoms with Gasteiger partial charge in [-0.2, -0.15) is 0 Å². The molecule has 2 fully saturated rings. The molecule has 3 rings (SSSR count). The van der Waals surface area contributed by atoms with E-state index in [1.54, 1.807) is 7.11 Å². The Morgan fingerprint density at radius 3 is 2.65 bits per heavy atom. The zero-order chi connectivity index (χ0) is 18.2. The van der Waals surface area contributed by atoms with Crippen molar-refractivity contribution in [3.63, 3.8) is 0 Å². The highest BCUT2D eigenvalue weighted by Gasteiger charge is 2.38. The maximum atomic E-state index is 5.95. The van der Waals surface area contributed by atoms with Crippen LogP contribution >= 0.6 is 0 Å². The summed E-state index contributed by atoms with van der Waals surface area (Å²) in [6, 6.07) is 10.9. The van der Waals surface area contributed by atoms with Gasteiger partial charge in [0, 0.05) is 47.0 Å². The van der Waals surface area contributed by atoms with Crippen LogP contribution in [0.2, 0.25) is 0 Å². The van der Waals surface area contributed by atoms with E-state index in [-0.39, 0.29) is 0 Å². The molecule has 1 N–H and O–H groups in total. The summed E-state index contributed by atoms with van der Waals surface area (Å²) in [6.45, 7) is 4.62. The van der Waals surface area contributed by atoms with Crippen LogP contribution in [0.5, 0.6) is 0 Å². The minimum atomic E-state index is 0.382. The lowest BCUT2D eigenvalue weighted by Gasteiger charge is -2.34. The molecule has 1 aliphatic heterocycles. The van der Waals surface area contributed by atoms with Crippen LogP contribution in [0.15, 0.2) is 35.3 Å². The molecule has 1 aromatic rings. The number of nitrogens with one attached hydrogen (secondary N) is 1. The number of aliphatic imine (C=N–C) groups is 1. The SMILES string of the molecule is CN=C(NCC1CC1c1ccccc1)N1CCC(OCCCOC)CC1. The van der Waals surface area contributed by atoms with E-state index >= 15 is 0 Å². The Kier molecular flexibility index (Phi) is 7.32. The smallest absolute Gasteiger partial charge is 0.193 e. The third kappa shape index (κ3) is 5.45. The Balaban J connectivity index is 1.35. The van der Waals surface area contributed by atoms with Crippen molar-refractivity contribution in [3.8, 4) is 0 Å². The Morgan fingerprint density at radius 1 is 1.19 bits per heavy atom. The van der Waals surface area contributed by atoms with Crippen molar-refractivity contribution in [2.24, 2.45) is 10.9 Å². The van der Waals surface area contributed by atoms with E-state index in [1.165, 1.54) is 12.0 Å². The molecule has 0 spiro atoms. The van der Waals surface area contributed by atoms with Gasteiger partial charge in [-0.3, -0.25) is 4.99 Å². The fraction of sp³-hybridized carbons (Fsp3) is 0.667. The monoisotopic (exact) mass is 359 g/mol. The number of likely N-dealkylation sites (tertiary alicyclic amines) is 1. The molecule has 2 aliphatic rings. The highest BCUT2D eigenvalue weighted by atomic mass is 16.5. The maximum absolute atomic E-state index is 5.95. The molecule has 2 unspecified atom stereocenters. The number of hydrogen-bond acceptors (Lipinski definition) is 3. The predicted molar refractivity (Wildman–Crippen MR) is 106 cm³/mol. The third-order valence-electron chi connectivity index (χ3n) is 5.47. The number of guanidine groups is 1. The summed E-state index contributed by atoms with van der Waals surface area (Å²) in [5.41, 5.74) is 1.47. The minimum Gasteiger partial charge on any atom is -0.385 e. The van der Waals surface area contributed by atoms with Crippen molar-refractivity contribution < 1.29 is 9.47 Å². The van der Waals surface area contributed by atoms with Crippen LogP contribution in [0.3, 0.4) is 0 Å². The van der Waals surface area contributed by atoms with Crippen LogP contribution in [0.4, 0.5) is 0 Å². The zero-order valence-corrected chi connectivity index (χ0v) is 16.2. The van der Waals surface area contributed by atoms with E-state index in [0.717, 1.165) is 64.0 Å². The first kappa shape index (κ1) is 19.2. The van der Waals surface area contributed by atoms with E-state index in [1.807, 2.05) is 7.05 Å². The first-order valence-corrected chi connectivity index (χ1v) is 9.93. The highest BCUT2D eigenvalue weighted by molar-refractivity contribution is 5.80. The van der Waals surface area contributed by atoms with Gasteiger partial charge in [0.2, 0.25) is 0 Å². The third-order valence-corrected chi connectivity index (χ3v) is 5.47. The Bertz CT molecular complexity index is 556. The lowest BCUT2D eigenvalue weighted by molar-refractivity contribution is 0.00990. The quantitative estimate of drug-likeness (QED) is 0.440. The number of hydrogen-bond donors (Lipinski definition) is 1. The van der Waals surface area contributed by atoms with Gasteiger partial charge >= 0.3 is 0 Å². The molecule has 1 aromatic carbocycles. The molecular weight excluding hydrogens is 326 g/mol. The Labute approximate surface area is 157 Å². The zero-order valence-electron chi connectivity index (χ0n) is 16.2. The van der Waals surface area contributed by atoms with Gasteiger partial charge in [-0.1, -0.05) is 30.3 Å². The van der Waals surface area contributed by atoms with Crippen molar-refractivity contribution in [2.45, 2.75) is 37.7 Å². The molecule has 2 atom stereocenters. The van der Waals surface area contributed by atoms with Gasteiger partial charge in [0.05, 0.1) is 6.10 Å². The second-order valence-electron chi connectivity index (χ2n) is 7.34. The Morgan fingerprint density at radius 2 is 1.96 bits per heavy atom. The van der Waals surface area contributed by atoms with Gasteiger partial charge in [-0.05, 0) is 43.1 Å². The van der Waals surface area contributed by atoms with E-state index in [0.29, 0.717) is 12.0 Å². The molecule has 144 valence electrons. The number of piperidine rings is 1. The molecule has 0 radical (unpaired) electrons. The van der Waals surface area contributed by atoms with Crippen LogP contribution in [-0.2, 0) is 9.47 Å². The molecule has 1 aliphatic carbocycles. The molecule has 5 heteroatoms. The molecule has 0 amide bonds. The van der Waals surface area contributed by atoms with Gasteiger partial charge in [-0.15, -0.1) is 0 Å². The second kappa shape index (κ2) is 9.93. The van der Waals surface area contributed by atoms with Crippen LogP contribution in [0, 0.1) is 5.92 Å². The fourth-order valence-corrected chi connectivity index (χ4v) is 3.82. The second-order valence-corrected chi connectivity index (χ2v) is 7.34. The number of rotatable bonds is 8. The summed E-state index contributed by atoms with van der Waals surface area (Å²) in [5, 5.41) is 3.59. The molecule has 1 heterocycles. The molecule has 5 nitrogen and oxygen atoms in total. The van der Waals surface area contributed by atoms with Gasteiger partial charge < -0.3 is 19.7 Å². The number of benzene rings is 1. The van der Waals surface area contributed by atoms with Crippen LogP contribution < -0.4 is 5.32 Å². The maximum Gasteiger partial charge on any atom is 0.193 e. The predicted octanol–water partition coefficient (Wildman–Crippen LogP) is 2.88. The molecular formula is C21H33N3O2.